The molecule has 1 heterocycles. The van der Waals surface area contributed by atoms with Gasteiger partial charge < -0.3 is 24.2 Å². The Labute approximate surface area is 177 Å². The Morgan fingerprint density at radius 3 is 2.38 bits per heavy atom. The van der Waals surface area contributed by atoms with E-state index in [9.17, 15) is 4.57 Å². The molecule has 0 aromatic carbocycles. The third-order valence-corrected chi connectivity index (χ3v) is 7.17. The molecule has 1 fully saturated rings. The second kappa shape index (κ2) is 11.0. The minimum absolute atomic E-state index is 0.0221. The molecule has 1 saturated heterocycles. The minimum atomic E-state index is -2.95. The Balaban J connectivity index is 2.77. The van der Waals surface area contributed by atoms with Gasteiger partial charge in [0, 0.05) is 37.0 Å². The largest absolute Gasteiger partial charge is 0.383 e. The highest BCUT2D eigenvalue weighted by Gasteiger charge is 2.37. The van der Waals surface area contributed by atoms with E-state index in [1.54, 1.807) is 7.05 Å². The lowest BCUT2D eigenvalue weighted by Crippen LogP contribution is -2.43. The third kappa shape index (κ3) is 8.06. The van der Waals surface area contributed by atoms with Gasteiger partial charge in [0.25, 0.3) is 7.52 Å². The van der Waals surface area contributed by atoms with Crippen LogP contribution in [0.3, 0.4) is 0 Å². The topological polar surface area (TPSA) is 72.1 Å². The lowest BCUT2D eigenvalue weighted by molar-refractivity contribution is -0.0745. The highest BCUT2D eigenvalue weighted by molar-refractivity contribution is 7.56. The van der Waals surface area contributed by atoms with Crippen LogP contribution in [0.25, 0.3) is 0 Å². The van der Waals surface area contributed by atoms with Gasteiger partial charge in [-0.15, -0.1) is 0 Å². The molecule has 7 nitrogen and oxygen atoms in total. The summed E-state index contributed by atoms with van der Waals surface area (Å²) in [6.45, 7) is 22.5. The molecule has 0 amide bonds. The van der Waals surface area contributed by atoms with E-state index >= 15 is 0 Å². The third-order valence-electron chi connectivity index (χ3n) is 5.38. The molecular weight excluding hydrogens is 389 g/mol. The fraction of sp³-hybridized carbons (Fsp3) is 0.810. The molecule has 8 heteroatoms. The number of hydrogen-bond donors (Lipinski definition) is 2. The number of rotatable bonds is 12. The molecule has 0 bridgehead atoms. The molecular formula is C21H42N3O4P. The van der Waals surface area contributed by atoms with E-state index in [2.05, 4.69) is 70.0 Å². The van der Waals surface area contributed by atoms with Crippen molar-refractivity contribution in [2.75, 3.05) is 33.8 Å². The Hall–Kier alpha value is -0.850. The normalized spacial score (nSPS) is 23.1. The SMILES string of the molecule is C=C(NC(C)(C)C)C1CC(OCOCP(=O)(NC)OC)CN1C(=C)C(C)C(C)C. The predicted molar refractivity (Wildman–Crippen MR) is 120 cm³/mol. The van der Waals surface area contributed by atoms with Gasteiger partial charge in [-0.25, -0.2) is 5.09 Å². The van der Waals surface area contributed by atoms with Gasteiger partial charge in [0.2, 0.25) is 0 Å². The lowest BCUT2D eigenvalue weighted by atomic mass is 9.94. The van der Waals surface area contributed by atoms with Crippen molar-refractivity contribution in [2.24, 2.45) is 11.8 Å². The van der Waals surface area contributed by atoms with Gasteiger partial charge in [0.05, 0.1) is 12.1 Å². The lowest BCUT2D eigenvalue weighted by Gasteiger charge is -2.36. The van der Waals surface area contributed by atoms with Crippen LogP contribution in [-0.4, -0.2) is 56.4 Å². The predicted octanol–water partition coefficient (Wildman–Crippen LogP) is 4.14. The standard InChI is InChI=1S/C21H42N3O4P/c1-15(2)16(3)18(5)24-12-19(11-20(24)17(4)23-21(6,7)8)28-13-27-14-29(25,22-9)26-10/h15-16,19-20,23H,4-5,11-14H2,1-3,6-10H3,(H,22,25). The molecule has 4 unspecified atom stereocenters. The number of hydrogen-bond acceptors (Lipinski definition) is 6. The van der Waals surface area contributed by atoms with Crippen LogP contribution in [-0.2, 0) is 18.6 Å². The second-order valence-electron chi connectivity index (χ2n) is 9.15. The zero-order valence-corrected chi connectivity index (χ0v) is 20.5. The average molecular weight is 432 g/mol. The van der Waals surface area contributed by atoms with Crippen molar-refractivity contribution in [1.29, 1.82) is 0 Å². The van der Waals surface area contributed by atoms with E-state index in [1.807, 2.05) is 0 Å². The molecule has 1 aliphatic rings. The number of nitrogens with one attached hydrogen (secondary N) is 2. The van der Waals surface area contributed by atoms with E-state index in [1.165, 1.54) is 7.11 Å². The Kier molecular flexibility index (Phi) is 9.90. The van der Waals surface area contributed by atoms with Crippen molar-refractivity contribution < 1.29 is 18.6 Å². The molecule has 0 saturated carbocycles. The molecule has 4 atom stereocenters. The smallest absolute Gasteiger partial charge is 0.294 e. The van der Waals surface area contributed by atoms with E-state index in [4.69, 9.17) is 14.0 Å². The minimum Gasteiger partial charge on any atom is -0.383 e. The van der Waals surface area contributed by atoms with Crippen molar-refractivity contribution in [3.8, 4) is 0 Å². The van der Waals surface area contributed by atoms with Crippen LogP contribution in [0.4, 0.5) is 0 Å². The average Bonchev–Trinajstić information content (AvgIpc) is 3.06. The maximum atomic E-state index is 12.1. The van der Waals surface area contributed by atoms with Gasteiger partial charge in [-0.2, -0.15) is 0 Å². The van der Waals surface area contributed by atoms with E-state index < -0.39 is 7.52 Å². The summed E-state index contributed by atoms with van der Waals surface area (Å²) < 4.78 is 28.5. The first-order valence-corrected chi connectivity index (χ1v) is 12.1. The summed E-state index contributed by atoms with van der Waals surface area (Å²) in [5.41, 5.74) is 2.01. The van der Waals surface area contributed by atoms with Crippen molar-refractivity contribution >= 4 is 7.52 Å². The molecule has 0 spiro atoms. The summed E-state index contributed by atoms with van der Waals surface area (Å²) in [6.07, 6.45) is 0.740. The highest BCUT2D eigenvalue weighted by atomic mass is 31.2. The molecule has 2 N–H and O–H groups in total. The van der Waals surface area contributed by atoms with Gasteiger partial charge in [-0.3, -0.25) is 4.57 Å². The van der Waals surface area contributed by atoms with Gasteiger partial charge in [0.1, 0.15) is 13.1 Å². The van der Waals surface area contributed by atoms with Crippen molar-refractivity contribution in [2.45, 2.75) is 65.6 Å². The second-order valence-corrected chi connectivity index (χ2v) is 11.6. The first-order valence-electron chi connectivity index (χ1n) is 10.3. The van der Waals surface area contributed by atoms with E-state index in [0.29, 0.717) is 11.8 Å². The maximum absolute atomic E-state index is 12.1. The van der Waals surface area contributed by atoms with Crippen molar-refractivity contribution in [3.63, 3.8) is 0 Å². The molecule has 0 aliphatic carbocycles. The molecule has 0 radical (unpaired) electrons. The number of allylic oxidation sites excluding steroid dienone is 1. The van der Waals surface area contributed by atoms with Crippen LogP contribution in [0.2, 0.25) is 0 Å². The number of ether oxygens (including phenoxy) is 2. The quantitative estimate of drug-likeness (QED) is 0.273. The molecule has 1 rings (SSSR count). The highest BCUT2D eigenvalue weighted by Crippen LogP contribution is 2.40. The molecule has 0 aromatic rings. The van der Waals surface area contributed by atoms with Crippen molar-refractivity contribution in [3.05, 3.63) is 24.6 Å². The van der Waals surface area contributed by atoms with E-state index in [-0.39, 0.29) is 30.8 Å². The number of likely N-dealkylation sites (tertiary alicyclic amines) is 1. The van der Waals surface area contributed by atoms with Crippen LogP contribution in [0, 0.1) is 11.8 Å². The zero-order valence-electron chi connectivity index (χ0n) is 19.6. The van der Waals surface area contributed by atoms with Gasteiger partial charge in [-0.1, -0.05) is 33.9 Å². The van der Waals surface area contributed by atoms with Crippen molar-refractivity contribution in [1.82, 2.24) is 15.3 Å². The van der Waals surface area contributed by atoms with Crippen LogP contribution in [0.1, 0.15) is 48.0 Å². The fourth-order valence-electron chi connectivity index (χ4n) is 3.29. The molecule has 29 heavy (non-hydrogen) atoms. The first-order chi connectivity index (χ1) is 13.3. The van der Waals surface area contributed by atoms with Gasteiger partial charge in [-0.05, 0) is 39.7 Å². The Morgan fingerprint density at radius 1 is 1.28 bits per heavy atom. The Morgan fingerprint density at radius 2 is 1.90 bits per heavy atom. The first kappa shape index (κ1) is 26.2. The summed E-state index contributed by atoms with van der Waals surface area (Å²) in [7, 11) is 0.0391. The zero-order chi connectivity index (χ0) is 22.4. The molecule has 1 aliphatic heterocycles. The summed E-state index contributed by atoms with van der Waals surface area (Å²) in [4.78, 5) is 2.31. The Bertz CT molecular complexity index is 595. The summed E-state index contributed by atoms with van der Waals surface area (Å²) in [5.74, 6) is 0.859. The summed E-state index contributed by atoms with van der Waals surface area (Å²) in [6, 6.07) is 0.107. The van der Waals surface area contributed by atoms with Crippen LogP contribution < -0.4 is 10.4 Å². The van der Waals surface area contributed by atoms with Crippen LogP contribution >= 0.6 is 7.52 Å². The molecule has 170 valence electrons. The maximum Gasteiger partial charge on any atom is 0.294 e. The monoisotopic (exact) mass is 431 g/mol. The number of nitrogens with zero attached hydrogens (tertiary/aromatic N) is 1. The van der Waals surface area contributed by atoms with Gasteiger partial charge in [0.15, 0.2) is 0 Å². The van der Waals surface area contributed by atoms with Gasteiger partial charge >= 0.3 is 0 Å². The summed E-state index contributed by atoms with van der Waals surface area (Å²) >= 11 is 0. The fourth-order valence-corrected chi connectivity index (χ4v) is 4.02. The van der Waals surface area contributed by atoms with Crippen LogP contribution in [0.15, 0.2) is 24.6 Å². The summed E-state index contributed by atoms with van der Waals surface area (Å²) in [5, 5.41) is 6.17. The molecule has 0 aromatic heterocycles. The van der Waals surface area contributed by atoms with Crippen LogP contribution in [0.5, 0.6) is 0 Å². The van der Waals surface area contributed by atoms with E-state index in [0.717, 1.165) is 24.4 Å².